The molecule has 0 radical (unpaired) electrons. The molecule has 0 aliphatic rings. The molecule has 5 nitrogen and oxygen atoms in total. The molecular formula is C24H23ClN2O3. The molecule has 0 saturated heterocycles. The quantitative estimate of drug-likeness (QED) is 0.429. The number of benzene rings is 3. The summed E-state index contributed by atoms with van der Waals surface area (Å²) in [5, 5.41) is 5.77. The normalized spacial score (nSPS) is 10.3. The maximum Gasteiger partial charge on any atom is 0.309 e. The molecule has 3 rings (SSSR count). The molecule has 0 spiro atoms. The van der Waals surface area contributed by atoms with Gasteiger partial charge in [0, 0.05) is 18.0 Å². The Labute approximate surface area is 181 Å². The Morgan fingerprint density at radius 3 is 2.20 bits per heavy atom. The number of carbonyl (C=O) groups is 2. The van der Waals surface area contributed by atoms with E-state index in [-0.39, 0.29) is 19.7 Å². The maximum absolute atomic E-state index is 11.9. The van der Waals surface area contributed by atoms with Gasteiger partial charge in [-0.15, -0.1) is 0 Å². The van der Waals surface area contributed by atoms with Gasteiger partial charge in [0.15, 0.2) is 0 Å². The first-order valence-corrected chi connectivity index (χ1v) is 10.0. The maximum atomic E-state index is 11.9. The lowest BCUT2D eigenvalue weighted by atomic mass is 10.0. The molecule has 2 amide bonds. The van der Waals surface area contributed by atoms with Gasteiger partial charge in [0.05, 0.1) is 6.54 Å². The van der Waals surface area contributed by atoms with Gasteiger partial charge in [-0.25, -0.2) is 0 Å². The van der Waals surface area contributed by atoms with Crippen LogP contribution in [0.25, 0.3) is 0 Å². The van der Waals surface area contributed by atoms with E-state index < -0.39 is 11.8 Å². The molecule has 0 bridgehead atoms. The van der Waals surface area contributed by atoms with Crippen molar-refractivity contribution in [1.82, 2.24) is 10.6 Å². The van der Waals surface area contributed by atoms with Crippen molar-refractivity contribution in [1.29, 1.82) is 0 Å². The predicted octanol–water partition coefficient (Wildman–Crippen LogP) is 3.74. The number of rotatable bonds is 8. The molecular weight excluding hydrogens is 400 g/mol. The minimum Gasteiger partial charge on any atom is -0.491 e. The molecule has 3 aromatic carbocycles. The number of ether oxygens (including phenoxy) is 1. The number of halogens is 1. The molecule has 0 heterocycles. The standard InChI is InChI=1S/C24H23ClN2O3/c25-21-12-10-19(11-13-21)17-27-24(29)23(28)26-14-15-30-22-9-5-4-8-20(22)16-18-6-2-1-3-7-18/h1-13H,14-17H2,(H,26,28)(H,27,29). The number of para-hydroxylation sites is 1. The lowest BCUT2D eigenvalue weighted by molar-refractivity contribution is -0.139. The van der Waals surface area contributed by atoms with E-state index >= 15 is 0 Å². The fraction of sp³-hybridized carbons (Fsp3) is 0.167. The SMILES string of the molecule is O=C(NCCOc1ccccc1Cc1ccccc1)C(=O)NCc1ccc(Cl)cc1. The van der Waals surface area contributed by atoms with Crippen molar-refractivity contribution in [2.45, 2.75) is 13.0 Å². The molecule has 0 fully saturated rings. The van der Waals surface area contributed by atoms with Gasteiger partial charge in [0.2, 0.25) is 0 Å². The Bertz CT molecular complexity index is 975. The van der Waals surface area contributed by atoms with Crippen LogP contribution in [0.3, 0.4) is 0 Å². The summed E-state index contributed by atoms with van der Waals surface area (Å²) in [6, 6.07) is 25.0. The van der Waals surface area contributed by atoms with Gasteiger partial charge < -0.3 is 15.4 Å². The number of amides is 2. The third-order valence-electron chi connectivity index (χ3n) is 4.43. The molecule has 0 aliphatic carbocycles. The zero-order valence-electron chi connectivity index (χ0n) is 16.4. The van der Waals surface area contributed by atoms with Crippen molar-refractivity contribution in [3.05, 3.63) is 101 Å². The van der Waals surface area contributed by atoms with E-state index in [2.05, 4.69) is 22.8 Å². The number of hydrogen-bond acceptors (Lipinski definition) is 3. The van der Waals surface area contributed by atoms with Crippen LogP contribution in [0.1, 0.15) is 16.7 Å². The molecule has 154 valence electrons. The second-order valence-electron chi connectivity index (χ2n) is 6.68. The zero-order chi connectivity index (χ0) is 21.2. The first kappa shape index (κ1) is 21.4. The highest BCUT2D eigenvalue weighted by atomic mass is 35.5. The van der Waals surface area contributed by atoms with Crippen LogP contribution in [0, 0.1) is 0 Å². The van der Waals surface area contributed by atoms with Crippen molar-refractivity contribution in [3.63, 3.8) is 0 Å². The largest absolute Gasteiger partial charge is 0.491 e. The van der Waals surface area contributed by atoms with Gasteiger partial charge in [0.1, 0.15) is 12.4 Å². The molecule has 3 aromatic rings. The summed E-state index contributed by atoms with van der Waals surface area (Å²) in [7, 11) is 0. The van der Waals surface area contributed by atoms with Crippen molar-refractivity contribution < 1.29 is 14.3 Å². The molecule has 6 heteroatoms. The lowest BCUT2D eigenvalue weighted by Crippen LogP contribution is -2.41. The molecule has 0 aliphatic heterocycles. The van der Waals surface area contributed by atoms with E-state index in [1.54, 1.807) is 24.3 Å². The van der Waals surface area contributed by atoms with E-state index in [4.69, 9.17) is 16.3 Å². The Kier molecular flexibility index (Phi) is 7.86. The van der Waals surface area contributed by atoms with E-state index in [1.165, 1.54) is 5.56 Å². The van der Waals surface area contributed by atoms with Crippen LogP contribution in [-0.2, 0) is 22.6 Å². The van der Waals surface area contributed by atoms with Crippen LogP contribution >= 0.6 is 11.6 Å². The molecule has 0 unspecified atom stereocenters. The average molecular weight is 423 g/mol. The Morgan fingerprint density at radius 1 is 0.767 bits per heavy atom. The lowest BCUT2D eigenvalue weighted by Gasteiger charge is -2.12. The van der Waals surface area contributed by atoms with Crippen LogP contribution in [0.5, 0.6) is 5.75 Å². The Balaban J connectivity index is 1.41. The zero-order valence-corrected chi connectivity index (χ0v) is 17.2. The first-order valence-electron chi connectivity index (χ1n) is 9.67. The van der Waals surface area contributed by atoms with Crippen LogP contribution < -0.4 is 15.4 Å². The van der Waals surface area contributed by atoms with Crippen molar-refractivity contribution in [2.75, 3.05) is 13.2 Å². The number of carbonyl (C=O) groups excluding carboxylic acids is 2. The van der Waals surface area contributed by atoms with Crippen molar-refractivity contribution >= 4 is 23.4 Å². The van der Waals surface area contributed by atoms with E-state index in [1.807, 2.05) is 42.5 Å². The summed E-state index contributed by atoms with van der Waals surface area (Å²) in [5.74, 6) is -0.609. The van der Waals surface area contributed by atoms with Crippen LogP contribution in [-0.4, -0.2) is 25.0 Å². The summed E-state index contributed by atoms with van der Waals surface area (Å²) in [5.41, 5.74) is 3.12. The van der Waals surface area contributed by atoms with Crippen LogP contribution in [0.15, 0.2) is 78.9 Å². The first-order chi connectivity index (χ1) is 14.6. The average Bonchev–Trinajstić information content (AvgIpc) is 2.77. The highest BCUT2D eigenvalue weighted by molar-refractivity contribution is 6.35. The number of nitrogens with one attached hydrogen (secondary N) is 2. The second-order valence-corrected chi connectivity index (χ2v) is 7.12. The predicted molar refractivity (Wildman–Crippen MR) is 117 cm³/mol. The topological polar surface area (TPSA) is 67.4 Å². The van der Waals surface area contributed by atoms with Crippen LogP contribution in [0.4, 0.5) is 0 Å². The minimum atomic E-state index is -0.690. The minimum absolute atomic E-state index is 0.229. The molecule has 30 heavy (non-hydrogen) atoms. The van der Waals surface area contributed by atoms with Crippen LogP contribution in [0.2, 0.25) is 5.02 Å². The number of hydrogen-bond donors (Lipinski definition) is 2. The fourth-order valence-electron chi connectivity index (χ4n) is 2.88. The van der Waals surface area contributed by atoms with Gasteiger partial charge in [-0.05, 0) is 34.9 Å². The summed E-state index contributed by atoms with van der Waals surface area (Å²) in [4.78, 5) is 23.9. The molecule has 2 N–H and O–H groups in total. The highest BCUT2D eigenvalue weighted by Gasteiger charge is 2.12. The third-order valence-corrected chi connectivity index (χ3v) is 4.68. The van der Waals surface area contributed by atoms with E-state index in [9.17, 15) is 9.59 Å². The summed E-state index contributed by atoms with van der Waals surface area (Å²) < 4.78 is 5.82. The van der Waals surface area contributed by atoms with E-state index in [0.29, 0.717) is 5.02 Å². The second kappa shape index (κ2) is 11.0. The smallest absolute Gasteiger partial charge is 0.309 e. The highest BCUT2D eigenvalue weighted by Crippen LogP contribution is 2.21. The molecule has 0 saturated carbocycles. The Hall–Kier alpha value is -3.31. The summed E-state index contributed by atoms with van der Waals surface area (Å²) in [6.45, 7) is 0.752. The Morgan fingerprint density at radius 2 is 1.43 bits per heavy atom. The van der Waals surface area contributed by atoms with Gasteiger partial charge in [-0.1, -0.05) is 72.3 Å². The molecule has 0 aromatic heterocycles. The van der Waals surface area contributed by atoms with Gasteiger partial charge in [-0.2, -0.15) is 0 Å². The van der Waals surface area contributed by atoms with Gasteiger partial charge in [0.25, 0.3) is 0 Å². The van der Waals surface area contributed by atoms with Gasteiger partial charge >= 0.3 is 11.8 Å². The molecule has 0 atom stereocenters. The van der Waals surface area contributed by atoms with Crippen molar-refractivity contribution in [2.24, 2.45) is 0 Å². The fourth-order valence-corrected chi connectivity index (χ4v) is 3.00. The van der Waals surface area contributed by atoms with E-state index in [0.717, 1.165) is 23.3 Å². The third kappa shape index (κ3) is 6.64. The summed E-state index contributed by atoms with van der Waals surface area (Å²) >= 11 is 5.83. The monoisotopic (exact) mass is 422 g/mol. The summed E-state index contributed by atoms with van der Waals surface area (Å²) in [6.07, 6.45) is 0.760. The van der Waals surface area contributed by atoms with Gasteiger partial charge in [-0.3, -0.25) is 9.59 Å². The van der Waals surface area contributed by atoms with Crippen molar-refractivity contribution in [3.8, 4) is 5.75 Å².